The number of anilines is 1. The largest absolute Gasteiger partial charge is 0.444 e. The number of carbonyl (C=O) groups is 1. The molecule has 2 aliphatic heterocycles. The molecule has 25 heavy (non-hydrogen) atoms. The molecule has 3 rings (SSSR count). The Morgan fingerprint density at radius 2 is 2.12 bits per heavy atom. The minimum atomic E-state index is -1.42. The zero-order valence-electron chi connectivity index (χ0n) is 13.5. The highest BCUT2D eigenvalue weighted by atomic mass is 79.9. The first kappa shape index (κ1) is 18.2. The highest BCUT2D eigenvalue weighted by molar-refractivity contribution is 9.10. The van der Waals surface area contributed by atoms with Crippen LogP contribution in [-0.2, 0) is 22.3 Å². The van der Waals surface area contributed by atoms with E-state index >= 15 is 0 Å². The van der Waals surface area contributed by atoms with Crippen molar-refractivity contribution in [2.75, 3.05) is 24.5 Å². The number of fused-ring (bicyclic) bond motifs is 1. The number of halogens is 1. The van der Waals surface area contributed by atoms with Gasteiger partial charge in [-0.05, 0) is 31.0 Å². The van der Waals surface area contributed by atoms with E-state index in [1.165, 1.54) is 0 Å². The van der Waals surface area contributed by atoms with E-state index in [9.17, 15) is 13.9 Å². The van der Waals surface area contributed by atoms with Crippen LogP contribution >= 0.6 is 15.9 Å². The molecule has 1 aromatic carbocycles. The van der Waals surface area contributed by atoms with Gasteiger partial charge in [0.2, 0.25) is 0 Å². The average Bonchev–Trinajstić information content (AvgIpc) is 2.61. The molecular formula is C16H18BrN3O4S. The maximum atomic E-state index is 12.3. The van der Waals surface area contributed by atoms with Crippen LogP contribution in [0.4, 0.5) is 10.5 Å². The maximum Gasteiger partial charge on any atom is 0.414 e. The number of benzene rings is 1. The smallest absolute Gasteiger partial charge is 0.414 e. The number of hydrogen-bond acceptors (Lipinski definition) is 5. The lowest BCUT2D eigenvalue weighted by molar-refractivity contribution is 0.136. The Morgan fingerprint density at radius 1 is 1.40 bits per heavy atom. The summed E-state index contributed by atoms with van der Waals surface area (Å²) in [6.07, 6.45) is 0.986. The summed E-state index contributed by atoms with van der Waals surface area (Å²) in [5.74, 6) is 0. The number of cyclic esters (lactones) is 1. The van der Waals surface area contributed by atoms with Crippen LogP contribution in [0.3, 0.4) is 0 Å². The Kier molecular flexibility index (Phi) is 5.65. The van der Waals surface area contributed by atoms with Crippen molar-refractivity contribution in [3.8, 4) is 0 Å². The van der Waals surface area contributed by atoms with Gasteiger partial charge >= 0.3 is 6.09 Å². The highest BCUT2D eigenvalue weighted by Gasteiger charge is 2.35. The molecule has 1 saturated heterocycles. The number of hydrogen-bond donors (Lipinski definition) is 0. The third-order valence-corrected chi connectivity index (χ3v) is 6.31. The molecule has 0 spiro atoms. The number of rotatable bonds is 5. The van der Waals surface area contributed by atoms with Gasteiger partial charge in [-0.15, -0.1) is 0 Å². The summed E-state index contributed by atoms with van der Waals surface area (Å²) >= 11 is 3.43. The molecule has 9 heteroatoms. The quantitative estimate of drug-likeness (QED) is 0.675. The van der Waals surface area contributed by atoms with Gasteiger partial charge in [-0.3, -0.25) is 4.90 Å². The second kappa shape index (κ2) is 7.76. The molecule has 1 fully saturated rings. The first-order valence-corrected chi connectivity index (χ1v) is 9.79. The maximum absolute atomic E-state index is 12.3. The van der Waals surface area contributed by atoms with E-state index in [4.69, 9.17) is 4.74 Å². The lowest BCUT2D eigenvalue weighted by atomic mass is 10.0. The highest BCUT2D eigenvalue weighted by Crippen LogP contribution is 2.34. The van der Waals surface area contributed by atoms with Crippen molar-refractivity contribution >= 4 is 38.7 Å². The van der Waals surface area contributed by atoms with Gasteiger partial charge in [-0.25, -0.2) is 13.3 Å². The van der Waals surface area contributed by atoms with Gasteiger partial charge in [-0.2, -0.15) is 4.91 Å². The van der Waals surface area contributed by atoms with Crippen LogP contribution in [0.5, 0.6) is 0 Å². The van der Waals surface area contributed by atoms with E-state index in [0.717, 1.165) is 15.7 Å². The van der Waals surface area contributed by atoms with Crippen LogP contribution in [0, 0.1) is 4.91 Å². The van der Waals surface area contributed by atoms with Crippen LogP contribution in [-0.4, -0.2) is 40.3 Å². The van der Waals surface area contributed by atoms with Gasteiger partial charge < -0.3 is 4.74 Å². The molecule has 2 aliphatic rings. The molecule has 0 N–H and O–H groups in total. The Morgan fingerprint density at radius 3 is 2.80 bits per heavy atom. The van der Waals surface area contributed by atoms with Crippen molar-refractivity contribution in [3.05, 3.63) is 44.6 Å². The van der Waals surface area contributed by atoms with Gasteiger partial charge in [0.15, 0.2) is 0 Å². The molecule has 1 atom stereocenters. The average molecular weight is 428 g/mol. The van der Waals surface area contributed by atoms with Crippen LogP contribution < -0.4 is 4.90 Å². The first-order chi connectivity index (χ1) is 12.0. The van der Waals surface area contributed by atoms with Crippen LogP contribution in [0.15, 0.2) is 39.3 Å². The first-order valence-electron chi connectivity index (χ1n) is 7.89. The van der Waals surface area contributed by atoms with Crippen LogP contribution in [0.2, 0.25) is 0 Å². The van der Waals surface area contributed by atoms with Crippen molar-refractivity contribution in [1.29, 1.82) is 0 Å². The van der Waals surface area contributed by atoms with E-state index in [1.54, 1.807) is 9.21 Å². The Labute approximate surface area is 156 Å². The number of carbonyl (C=O) groups excluding carboxylic acids is 1. The second-order valence-corrected chi connectivity index (χ2v) is 8.44. The number of nitrogens with zero attached hydrogens (tertiary/aromatic N) is 3. The predicted octanol–water partition coefficient (Wildman–Crippen LogP) is 3.31. The summed E-state index contributed by atoms with van der Waals surface area (Å²) in [5, 5.41) is 2.74. The fraction of sp³-hybridized carbons (Fsp3) is 0.438. The number of piperidine rings is 1. The van der Waals surface area contributed by atoms with Crippen molar-refractivity contribution in [1.82, 2.24) is 4.31 Å². The Balaban J connectivity index is 1.71. The molecule has 1 aromatic rings. The molecule has 1 amide bonds. The van der Waals surface area contributed by atoms with Crippen LogP contribution in [0.1, 0.15) is 18.4 Å². The molecule has 0 aliphatic carbocycles. The molecule has 1 unspecified atom stereocenters. The van der Waals surface area contributed by atoms with Crippen molar-refractivity contribution < 1.29 is 13.7 Å². The molecular weight excluding hydrogens is 410 g/mol. The number of ether oxygens (including phenoxy) is 1. The fourth-order valence-electron chi connectivity index (χ4n) is 3.13. The minimum absolute atomic E-state index is 0.0153. The van der Waals surface area contributed by atoms with Crippen molar-refractivity contribution in [2.24, 2.45) is 5.18 Å². The Bertz CT molecular complexity index is 734. The summed E-state index contributed by atoms with van der Waals surface area (Å²) in [5.41, 5.74) is 1.83. The zero-order chi connectivity index (χ0) is 18.0. The monoisotopic (exact) mass is 427 g/mol. The molecule has 0 radical (unpaired) electrons. The Hall–Kier alpha value is -1.58. The summed E-state index contributed by atoms with van der Waals surface area (Å²) in [4.78, 5) is 24.6. The van der Waals surface area contributed by atoms with E-state index in [-0.39, 0.29) is 25.3 Å². The van der Waals surface area contributed by atoms with Gasteiger partial charge in [0.05, 0.1) is 5.69 Å². The minimum Gasteiger partial charge on any atom is -0.444 e. The van der Waals surface area contributed by atoms with Gasteiger partial charge in [0.25, 0.3) is 0 Å². The van der Waals surface area contributed by atoms with E-state index < -0.39 is 11.0 Å². The molecule has 0 saturated carbocycles. The van der Waals surface area contributed by atoms with Gasteiger partial charge in [-0.1, -0.05) is 27.7 Å². The molecule has 0 aromatic heterocycles. The number of amides is 1. The normalized spacial score (nSPS) is 19.9. The second-order valence-electron chi connectivity index (χ2n) is 5.93. The zero-order valence-corrected chi connectivity index (χ0v) is 15.9. The fourth-order valence-corrected chi connectivity index (χ4v) is 4.61. The topological polar surface area (TPSA) is 79.3 Å². The van der Waals surface area contributed by atoms with Crippen molar-refractivity contribution in [2.45, 2.75) is 25.5 Å². The summed E-state index contributed by atoms with van der Waals surface area (Å²) in [7, 11) is -1.42. The summed E-state index contributed by atoms with van der Waals surface area (Å²) < 4.78 is 20.3. The lowest BCUT2D eigenvalue weighted by Crippen LogP contribution is -2.49. The third kappa shape index (κ3) is 3.83. The van der Waals surface area contributed by atoms with Gasteiger partial charge in [0, 0.05) is 34.1 Å². The lowest BCUT2D eigenvalue weighted by Gasteiger charge is -2.39. The van der Waals surface area contributed by atoms with E-state index in [1.807, 2.05) is 18.2 Å². The van der Waals surface area contributed by atoms with E-state index in [2.05, 4.69) is 27.7 Å². The molecule has 7 nitrogen and oxygen atoms in total. The third-order valence-electron chi connectivity index (χ3n) is 4.36. The van der Waals surface area contributed by atoms with Gasteiger partial charge in [0.1, 0.15) is 24.1 Å². The van der Waals surface area contributed by atoms with Crippen LogP contribution in [0.25, 0.3) is 0 Å². The predicted molar refractivity (Wildman–Crippen MR) is 99.3 cm³/mol. The molecule has 134 valence electrons. The van der Waals surface area contributed by atoms with E-state index in [0.29, 0.717) is 30.8 Å². The van der Waals surface area contributed by atoms with Crippen molar-refractivity contribution in [3.63, 3.8) is 0 Å². The summed E-state index contributed by atoms with van der Waals surface area (Å²) in [6.45, 7) is 4.87. The molecule has 0 bridgehead atoms. The SMILES string of the molecule is C=C(CN=O)S(=O)N1CCC(N2C(=O)OCc3cc(Br)ccc32)CC1. The summed E-state index contributed by atoms with van der Waals surface area (Å²) in [6, 6.07) is 5.76. The molecule has 2 heterocycles. The number of nitroso groups, excluding NO2 is 1. The standard InChI is InChI=1S/C16H18BrN3O4S/c1-11(9-18-22)25(23)19-6-4-14(5-7-19)20-15-3-2-13(17)8-12(15)10-24-16(20)21/h2-3,8,14H,1,4-7,9-10H2.